The molecule has 0 aliphatic carbocycles. The quantitative estimate of drug-likeness (QED) is 0.282. The number of anilines is 1. The summed E-state index contributed by atoms with van der Waals surface area (Å²) in [4.78, 5) is 36.7. The van der Waals surface area contributed by atoms with Crippen LogP contribution in [0, 0.1) is 17.2 Å². The minimum Gasteiger partial charge on any atom is -0.444 e. The zero-order valence-corrected chi connectivity index (χ0v) is 29.9. The number of ether oxygens (including phenoxy) is 2. The summed E-state index contributed by atoms with van der Waals surface area (Å²) in [5.74, 6) is 0.593. The van der Waals surface area contributed by atoms with Gasteiger partial charge in [0.25, 0.3) is 11.8 Å². The normalized spacial score (nSPS) is 17.2. The van der Waals surface area contributed by atoms with Crippen molar-refractivity contribution >= 4 is 17.8 Å². The number of carbonyl (C=O) groups is 2. The molecule has 0 saturated carbocycles. The molecule has 1 atom stereocenters. The lowest BCUT2D eigenvalue weighted by atomic mass is 9.76. The molecule has 1 spiro atoms. The first-order valence-corrected chi connectivity index (χ1v) is 16.9. The minimum atomic E-state index is -0.538. The highest BCUT2D eigenvalue weighted by Crippen LogP contribution is 2.45. The van der Waals surface area contributed by atoms with Gasteiger partial charge in [-0.1, -0.05) is 13.8 Å². The second-order valence-corrected chi connectivity index (χ2v) is 15.5. The van der Waals surface area contributed by atoms with E-state index >= 15 is 0 Å². The predicted octanol–water partition coefficient (Wildman–Crippen LogP) is 6.29. The van der Waals surface area contributed by atoms with Crippen molar-refractivity contribution in [3.8, 4) is 11.6 Å². The van der Waals surface area contributed by atoms with E-state index in [1.807, 2.05) is 55.4 Å². The van der Waals surface area contributed by atoms with Crippen molar-refractivity contribution in [3.63, 3.8) is 0 Å². The van der Waals surface area contributed by atoms with Gasteiger partial charge in [0.2, 0.25) is 0 Å². The third-order valence-electron chi connectivity index (χ3n) is 9.13. The highest BCUT2D eigenvalue weighted by atomic mass is 19.1. The maximum absolute atomic E-state index is 14.3. The molecule has 2 aliphatic rings. The van der Waals surface area contributed by atoms with Crippen LogP contribution in [0.2, 0.25) is 0 Å². The van der Waals surface area contributed by atoms with Gasteiger partial charge in [0, 0.05) is 55.8 Å². The third-order valence-corrected chi connectivity index (χ3v) is 9.13. The van der Waals surface area contributed by atoms with Crippen molar-refractivity contribution in [2.45, 2.75) is 112 Å². The number of benzene rings is 1. The fraction of sp³-hybridized carbons (Fsp3) is 0.686. The smallest absolute Gasteiger partial charge is 0.408 e. The maximum atomic E-state index is 14.3. The van der Waals surface area contributed by atoms with Crippen LogP contribution >= 0.6 is 0 Å². The van der Waals surface area contributed by atoms with Crippen LogP contribution in [0.1, 0.15) is 98.9 Å². The average Bonchev–Trinajstić information content (AvgIpc) is 3.38. The summed E-state index contributed by atoms with van der Waals surface area (Å²) in [5.41, 5.74) is -0.676. The molecule has 2 saturated heterocycles. The Morgan fingerprint density at radius 3 is 2.43 bits per heavy atom. The van der Waals surface area contributed by atoms with E-state index in [2.05, 4.69) is 44.1 Å². The highest BCUT2D eigenvalue weighted by Gasteiger charge is 2.50. The maximum Gasteiger partial charge on any atom is 0.408 e. The van der Waals surface area contributed by atoms with E-state index < -0.39 is 17.0 Å². The Morgan fingerprint density at radius 1 is 1.11 bits per heavy atom. The molecule has 0 bridgehead atoms. The SMILES string of the molecule is CCN(C(=O)c1cc(F)ccc1Oc1nncnc1N1CCC2(C1)CN([C@@H](CCC(C)(C)NC(=O)OC(C)(C)C)C(C)C)C2)C(C)C. The number of nitrogens with one attached hydrogen (secondary N) is 1. The van der Waals surface area contributed by atoms with Gasteiger partial charge in [-0.15, -0.1) is 10.2 Å². The number of halogens is 1. The lowest BCUT2D eigenvalue weighted by molar-refractivity contribution is -0.0357. The van der Waals surface area contributed by atoms with E-state index in [1.54, 1.807) is 4.90 Å². The molecule has 3 heterocycles. The summed E-state index contributed by atoms with van der Waals surface area (Å²) in [6, 6.07) is 4.27. The van der Waals surface area contributed by atoms with Crippen molar-refractivity contribution < 1.29 is 23.5 Å². The molecule has 1 aromatic heterocycles. The van der Waals surface area contributed by atoms with E-state index in [0.717, 1.165) is 45.4 Å². The molecule has 12 heteroatoms. The molecular weight excluding hydrogens is 601 g/mol. The number of carbonyl (C=O) groups excluding carboxylic acids is 2. The molecule has 1 N–H and O–H groups in total. The van der Waals surface area contributed by atoms with Crippen LogP contribution in [-0.4, -0.2) is 92.9 Å². The van der Waals surface area contributed by atoms with E-state index in [9.17, 15) is 14.0 Å². The Balaban J connectivity index is 1.41. The van der Waals surface area contributed by atoms with Gasteiger partial charge in [0.1, 0.15) is 23.5 Å². The summed E-state index contributed by atoms with van der Waals surface area (Å²) in [6.45, 7) is 24.0. The third kappa shape index (κ3) is 9.09. The lowest BCUT2D eigenvalue weighted by Gasteiger charge is -2.53. The first-order chi connectivity index (χ1) is 21.9. The topological polar surface area (TPSA) is 113 Å². The first-order valence-electron chi connectivity index (χ1n) is 16.9. The molecule has 2 aromatic rings. The molecule has 2 aliphatic heterocycles. The van der Waals surface area contributed by atoms with Crippen LogP contribution in [0.4, 0.5) is 15.0 Å². The predicted molar refractivity (Wildman–Crippen MR) is 180 cm³/mol. The van der Waals surface area contributed by atoms with Crippen molar-refractivity contribution in [1.82, 2.24) is 30.3 Å². The van der Waals surface area contributed by atoms with E-state index in [0.29, 0.717) is 24.3 Å². The average molecular weight is 656 g/mol. The first kappa shape index (κ1) is 36.3. The largest absolute Gasteiger partial charge is 0.444 e. The zero-order valence-electron chi connectivity index (χ0n) is 29.9. The van der Waals surface area contributed by atoms with E-state index in [4.69, 9.17) is 9.47 Å². The van der Waals surface area contributed by atoms with Crippen molar-refractivity contribution in [3.05, 3.63) is 35.9 Å². The summed E-state index contributed by atoms with van der Waals surface area (Å²) in [6.07, 6.45) is 3.80. The monoisotopic (exact) mass is 655 g/mol. The van der Waals surface area contributed by atoms with Crippen molar-refractivity contribution in [2.24, 2.45) is 11.3 Å². The number of rotatable bonds is 12. The van der Waals surface area contributed by atoms with Crippen LogP contribution < -0.4 is 15.0 Å². The van der Waals surface area contributed by atoms with Gasteiger partial charge in [-0.3, -0.25) is 9.69 Å². The number of nitrogens with zero attached hydrogens (tertiary/aromatic N) is 6. The van der Waals surface area contributed by atoms with Gasteiger partial charge in [0.05, 0.1) is 5.56 Å². The minimum absolute atomic E-state index is 0.0594. The number of alkyl carbamates (subject to hydrolysis) is 1. The second kappa shape index (κ2) is 14.3. The molecule has 0 radical (unpaired) electrons. The van der Waals surface area contributed by atoms with Crippen molar-refractivity contribution in [1.29, 1.82) is 0 Å². The van der Waals surface area contributed by atoms with Crippen LogP contribution in [0.3, 0.4) is 0 Å². The Labute approximate surface area is 279 Å². The standard InChI is InChI=1S/C35H54FN7O4/c1-11-43(24(4)5)31(44)26-18-25(36)12-13-28(26)46-30-29(37-22-38-40-30)41-17-16-35(19-41)20-42(21-35)27(23(2)3)14-15-34(9,10)39-32(45)47-33(6,7)8/h12-13,18,22-24,27H,11,14-17,19-21H2,1-10H3,(H,39,45)/t27-/m0/s1. The summed E-state index contributed by atoms with van der Waals surface area (Å²) in [5, 5.41) is 11.2. The second-order valence-electron chi connectivity index (χ2n) is 15.5. The Bertz CT molecular complexity index is 1400. The van der Waals surface area contributed by atoms with Gasteiger partial charge in [-0.2, -0.15) is 0 Å². The zero-order chi connectivity index (χ0) is 34.7. The van der Waals surface area contributed by atoms with Gasteiger partial charge in [0.15, 0.2) is 5.82 Å². The fourth-order valence-electron chi connectivity index (χ4n) is 6.81. The van der Waals surface area contributed by atoms with Crippen LogP contribution in [0.25, 0.3) is 0 Å². The van der Waals surface area contributed by atoms with Gasteiger partial charge >= 0.3 is 6.09 Å². The number of hydrogen-bond acceptors (Lipinski definition) is 9. The fourth-order valence-corrected chi connectivity index (χ4v) is 6.81. The summed E-state index contributed by atoms with van der Waals surface area (Å²) < 4.78 is 26.0. The molecule has 11 nitrogen and oxygen atoms in total. The highest BCUT2D eigenvalue weighted by molar-refractivity contribution is 5.97. The molecule has 47 heavy (non-hydrogen) atoms. The molecule has 4 rings (SSSR count). The van der Waals surface area contributed by atoms with Crippen LogP contribution in [-0.2, 0) is 4.74 Å². The lowest BCUT2D eigenvalue weighted by Crippen LogP contribution is -2.62. The molecule has 2 amide bonds. The van der Waals surface area contributed by atoms with Crippen molar-refractivity contribution in [2.75, 3.05) is 37.6 Å². The Morgan fingerprint density at radius 2 is 1.81 bits per heavy atom. The van der Waals surface area contributed by atoms with Gasteiger partial charge in [-0.25, -0.2) is 14.2 Å². The van der Waals surface area contributed by atoms with Crippen LogP contribution in [0.15, 0.2) is 24.5 Å². The number of hydrogen-bond donors (Lipinski definition) is 1. The molecule has 2 fully saturated rings. The Hall–Kier alpha value is -3.54. The van der Waals surface area contributed by atoms with E-state index in [1.165, 1.54) is 24.5 Å². The molecule has 260 valence electrons. The van der Waals surface area contributed by atoms with E-state index in [-0.39, 0.29) is 40.7 Å². The molecular formula is C35H54FN7O4. The summed E-state index contributed by atoms with van der Waals surface area (Å²) in [7, 11) is 0. The number of amides is 2. The Kier molecular flexibility index (Phi) is 11.0. The van der Waals surface area contributed by atoms with Crippen LogP contribution in [0.5, 0.6) is 11.6 Å². The molecule has 0 unspecified atom stereocenters. The summed E-state index contributed by atoms with van der Waals surface area (Å²) >= 11 is 0. The van der Waals surface area contributed by atoms with Gasteiger partial charge < -0.3 is 24.6 Å². The number of likely N-dealkylation sites (tertiary alicyclic amines) is 1. The van der Waals surface area contributed by atoms with Gasteiger partial charge in [-0.05, 0) is 98.8 Å². The number of aromatic nitrogens is 3. The molecule has 1 aromatic carbocycles.